The van der Waals surface area contributed by atoms with Gasteiger partial charge < -0.3 is 10.1 Å². The van der Waals surface area contributed by atoms with Crippen LogP contribution in [0.2, 0.25) is 0 Å². The number of sulfonamides is 1. The molecule has 0 aliphatic rings. The molecule has 2 N–H and O–H groups in total. The van der Waals surface area contributed by atoms with Crippen LogP contribution in [0.15, 0.2) is 23.2 Å². The lowest BCUT2D eigenvalue weighted by Crippen LogP contribution is -2.29. The number of hydrogen-bond donors (Lipinski definition) is 2. The van der Waals surface area contributed by atoms with Crippen molar-refractivity contribution in [2.24, 2.45) is 0 Å². The summed E-state index contributed by atoms with van der Waals surface area (Å²) in [5, 5.41) is 2.92. The number of pyridine rings is 1. The maximum absolute atomic E-state index is 12.1. The third-order valence-corrected chi connectivity index (χ3v) is 3.88. The van der Waals surface area contributed by atoms with E-state index in [-0.39, 0.29) is 23.9 Å². The molecule has 0 saturated carbocycles. The summed E-state index contributed by atoms with van der Waals surface area (Å²) in [7, 11) is -3.76. The van der Waals surface area contributed by atoms with Crippen LogP contribution < -0.4 is 10.0 Å². The lowest BCUT2D eigenvalue weighted by atomic mass is 10.4. The number of anilines is 1. The van der Waals surface area contributed by atoms with Gasteiger partial charge in [-0.25, -0.2) is 26.9 Å². The van der Waals surface area contributed by atoms with Crippen LogP contribution in [0.3, 0.4) is 0 Å². The Hall–Kier alpha value is -1.32. The predicted molar refractivity (Wildman–Crippen MR) is 75.0 cm³/mol. The lowest BCUT2D eigenvalue weighted by molar-refractivity contribution is 0.0199. The van der Waals surface area contributed by atoms with Crippen molar-refractivity contribution in [1.82, 2.24) is 9.71 Å². The molecule has 0 aliphatic heterocycles. The number of rotatable bonds is 10. The van der Waals surface area contributed by atoms with Gasteiger partial charge in [-0.15, -0.1) is 0 Å². The zero-order valence-corrected chi connectivity index (χ0v) is 12.5. The molecule has 6 nitrogen and oxygen atoms in total. The Morgan fingerprint density at radius 1 is 1.38 bits per heavy atom. The monoisotopic (exact) mass is 323 g/mol. The largest absolute Gasteiger partial charge is 0.374 e. The number of nitrogens with zero attached hydrogens (tertiary/aromatic N) is 1. The number of alkyl halides is 2. The molecule has 0 saturated heterocycles. The zero-order valence-electron chi connectivity index (χ0n) is 11.7. The van der Waals surface area contributed by atoms with Crippen LogP contribution in [0.25, 0.3) is 0 Å². The quantitative estimate of drug-likeness (QED) is 0.637. The maximum Gasteiger partial charge on any atom is 0.261 e. The van der Waals surface area contributed by atoms with E-state index in [9.17, 15) is 17.2 Å². The summed E-state index contributed by atoms with van der Waals surface area (Å²) in [5.74, 6) is 0.264. The van der Waals surface area contributed by atoms with Gasteiger partial charge in [0.05, 0.1) is 6.61 Å². The van der Waals surface area contributed by atoms with E-state index in [1.807, 2.05) is 6.92 Å². The summed E-state index contributed by atoms with van der Waals surface area (Å²) in [5.41, 5.74) is 0. The van der Waals surface area contributed by atoms with Crippen LogP contribution in [0.5, 0.6) is 0 Å². The van der Waals surface area contributed by atoms with Gasteiger partial charge in [-0.3, -0.25) is 0 Å². The molecule has 0 fully saturated rings. The maximum atomic E-state index is 12.1. The first-order chi connectivity index (χ1) is 9.97. The Kier molecular flexibility index (Phi) is 7.48. The van der Waals surface area contributed by atoms with Gasteiger partial charge in [0.1, 0.15) is 17.3 Å². The molecule has 0 amide bonds. The summed E-state index contributed by atoms with van der Waals surface area (Å²) in [6.07, 6.45) is -0.252. The van der Waals surface area contributed by atoms with Gasteiger partial charge in [0.2, 0.25) is 10.0 Å². The molecule has 1 aromatic rings. The summed E-state index contributed by atoms with van der Waals surface area (Å²) < 4.78 is 54.8. The molecule has 21 heavy (non-hydrogen) atoms. The predicted octanol–water partition coefficient (Wildman–Crippen LogP) is 1.46. The van der Waals surface area contributed by atoms with E-state index in [1.165, 1.54) is 18.3 Å². The van der Waals surface area contributed by atoms with Crippen molar-refractivity contribution < 1.29 is 21.9 Å². The molecule has 0 radical (unpaired) electrons. The fraction of sp³-hybridized carbons (Fsp3) is 0.583. The zero-order chi connectivity index (χ0) is 15.7. The Bertz CT molecular complexity index is 526. The van der Waals surface area contributed by atoms with Gasteiger partial charge in [-0.2, -0.15) is 0 Å². The summed E-state index contributed by atoms with van der Waals surface area (Å²) >= 11 is 0. The highest BCUT2D eigenvalue weighted by Crippen LogP contribution is 2.17. The first kappa shape index (κ1) is 17.7. The highest BCUT2D eigenvalue weighted by molar-refractivity contribution is 7.89. The Labute approximate surface area is 123 Å². The standard InChI is InChI=1S/C12H19F2N3O3S/c1-2-5-15-12-10(4-3-6-16-12)21(18,19)17-7-8-20-9-11(13)14/h3-4,6,11,17H,2,5,7-9H2,1H3,(H,15,16). The fourth-order valence-corrected chi connectivity index (χ4v) is 2.63. The van der Waals surface area contributed by atoms with Crippen LogP contribution in [-0.2, 0) is 14.8 Å². The lowest BCUT2D eigenvalue weighted by Gasteiger charge is -2.11. The second kappa shape index (κ2) is 8.85. The van der Waals surface area contributed by atoms with Crippen LogP contribution >= 0.6 is 0 Å². The molecule has 0 aliphatic carbocycles. The number of nitrogens with one attached hydrogen (secondary N) is 2. The minimum absolute atomic E-state index is 0.0207. The molecule has 1 heterocycles. The Morgan fingerprint density at radius 2 is 2.14 bits per heavy atom. The van der Waals surface area contributed by atoms with Crippen molar-refractivity contribution in [3.8, 4) is 0 Å². The molecule has 120 valence electrons. The summed E-state index contributed by atoms with van der Waals surface area (Å²) in [6.45, 7) is 1.62. The van der Waals surface area contributed by atoms with Gasteiger partial charge >= 0.3 is 0 Å². The van der Waals surface area contributed by atoms with E-state index < -0.39 is 23.1 Å². The molecule has 1 aromatic heterocycles. The van der Waals surface area contributed by atoms with Crippen molar-refractivity contribution in [3.63, 3.8) is 0 Å². The summed E-state index contributed by atoms with van der Waals surface area (Å²) in [6, 6.07) is 2.94. The summed E-state index contributed by atoms with van der Waals surface area (Å²) in [4.78, 5) is 4.01. The molecule has 9 heteroatoms. The van der Waals surface area contributed by atoms with Crippen molar-refractivity contribution in [1.29, 1.82) is 0 Å². The first-order valence-electron chi connectivity index (χ1n) is 6.51. The van der Waals surface area contributed by atoms with Gasteiger partial charge in [0, 0.05) is 19.3 Å². The first-order valence-corrected chi connectivity index (χ1v) is 8.00. The Morgan fingerprint density at radius 3 is 2.81 bits per heavy atom. The molecule has 0 bridgehead atoms. The van der Waals surface area contributed by atoms with Gasteiger partial charge in [0.25, 0.3) is 6.43 Å². The molecule has 0 aromatic carbocycles. The third kappa shape index (κ3) is 6.32. The molecule has 0 atom stereocenters. The SMILES string of the molecule is CCCNc1ncccc1S(=O)(=O)NCCOCC(F)F. The highest BCUT2D eigenvalue weighted by atomic mass is 32.2. The van der Waals surface area contributed by atoms with E-state index in [1.54, 1.807) is 0 Å². The van der Waals surface area contributed by atoms with Gasteiger partial charge in [-0.1, -0.05) is 6.92 Å². The highest BCUT2D eigenvalue weighted by Gasteiger charge is 2.18. The Balaban J connectivity index is 2.61. The van der Waals surface area contributed by atoms with Crippen molar-refractivity contribution in [2.75, 3.05) is 31.6 Å². The smallest absolute Gasteiger partial charge is 0.261 e. The molecular weight excluding hydrogens is 304 g/mol. The molecule has 0 unspecified atom stereocenters. The van der Waals surface area contributed by atoms with Gasteiger partial charge in [0.15, 0.2) is 0 Å². The number of aromatic nitrogens is 1. The van der Waals surface area contributed by atoms with E-state index in [0.717, 1.165) is 6.42 Å². The normalized spacial score (nSPS) is 11.8. The number of ether oxygens (including phenoxy) is 1. The van der Waals surface area contributed by atoms with Crippen LogP contribution in [-0.4, -0.2) is 46.1 Å². The van der Waals surface area contributed by atoms with E-state index in [4.69, 9.17) is 0 Å². The average molecular weight is 323 g/mol. The van der Waals surface area contributed by atoms with E-state index >= 15 is 0 Å². The van der Waals surface area contributed by atoms with Crippen LogP contribution in [0.4, 0.5) is 14.6 Å². The van der Waals surface area contributed by atoms with Crippen LogP contribution in [0.1, 0.15) is 13.3 Å². The van der Waals surface area contributed by atoms with Crippen LogP contribution in [0, 0.1) is 0 Å². The molecule has 1 rings (SSSR count). The van der Waals surface area contributed by atoms with E-state index in [0.29, 0.717) is 6.54 Å². The average Bonchev–Trinajstić information content (AvgIpc) is 2.44. The number of hydrogen-bond acceptors (Lipinski definition) is 5. The van der Waals surface area contributed by atoms with Crippen molar-refractivity contribution >= 4 is 15.8 Å². The third-order valence-electron chi connectivity index (χ3n) is 2.38. The minimum Gasteiger partial charge on any atom is -0.374 e. The fourth-order valence-electron chi connectivity index (χ4n) is 1.48. The van der Waals surface area contributed by atoms with Gasteiger partial charge in [-0.05, 0) is 18.6 Å². The molecular formula is C12H19F2N3O3S. The van der Waals surface area contributed by atoms with Crippen molar-refractivity contribution in [2.45, 2.75) is 24.7 Å². The topological polar surface area (TPSA) is 80.3 Å². The second-order valence-corrected chi connectivity index (χ2v) is 5.88. The minimum atomic E-state index is -3.76. The van der Waals surface area contributed by atoms with E-state index in [2.05, 4.69) is 19.8 Å². The molecule has 0 spiro atoms. The van der Waals surface area contributed by atoms with Crippen molar-refractivity contribution in [3.05, 3.63) is 18.3 Å². The number of halogens is 2. The second-order valence-electron chi connectivity index (χ2n) is 4.14.